The molecule has 1 heterocycles. The van der Waals surface area contributed by atoms with Crippen molar-refractivity contribution in [3.63, 3.8) is 0 Å². The van der Waals surface area contributed by atoms with E-state index in [1.165, 1.54) is 0 Å². The summed E-state index contributed by atoms with van der Waals surface area (Å²) < 4.78 is 5.44. The van der Waals surface area contributed by atoms with E-state index in [-0.39, 0.29) is 12.0 Å². The van der Waals surface area contributed by atoms with Gasteiger partial charge in [0.1, 0.15) is 11.6 Å². The molecule has 1 aliphatic heterocycles. The van der Waals surface area contributed by atoms with Crippen LogP contribution in [-0.2, 0) is 9.53 Å². The van der Waals surface area contributed by atoms with Gasteiger partial charge in [-0.3, -0.25) is 9.69 Å². The van der Waals surface area contributed by atoms with Crippen LogP contribution in [0.3, 0.4) is 0 Å². The SMILES string of the molecule is CCC(C)(O)CN1CCC[C@@H]1C(=O)OC(C)(C)C. The topological polar surface area (TPSA) is 49.8 Å². The minimum absolute atomic E-state index is 0.160. The van der Waals surface area contributed by atoms with E-state index >= 15 is 0 Å². The summed E-state index contributed by atoms with van der Waals surface area (Å²) >= 11 is 0. The normalized spacial score (nSPS) is 24.9. The number of carbonyl (C=O) groups is 1. The zero-order valence-corrected chi connectivity index (χ0v) is 12.3. The number of β-amino-alcohol motifs (C(OH)–C–C–N with tert-alkyl or cyclic N) is 1. The van der Waals surface area contributed by atoms with Gasteiger partial charge in [0.25, 0.3) is 0 Å². The van der Waals surface area contributed by atoms with Crippen molar-refractivity contribution in [1.82, 2.24) is 4.90 Å². The lowest BCUT2D eigenvalue weighted by Crippen LogP contribution is -2.47. The number of ether oxygens (including phenoxy) is 1. The molecule has 1 unspecified atom stereocenters. The van der Waals surface area contributed by atoms with Crippen LogP contribution in [0.15, 0.2) is 0 Å². The van der Waals surface area contributed by atoms with Crippen molar-refractivity contribution in [2.24, 2.45) is 0 Å². The minimum Gasteiger partial charge on any atom is -0.459 e. The molecular formula is C14H27NO3. The Kier molecular flexibility index (Phi) is 4.78. The third kappa shape index (κ3) is 4.58. The fraction of sp³-hybridized carbons (Fsp3) is 0.929. The van der Waals surface area contributed by atoms with E-state index in [0.29, 0.717) is 13.0 Å². The summed E-state index contributed by atoms with van der Waals surface area (Å²) in [5, 5.41) is 10.1. The molecule has 0 radical (unpaired) electrons. The molecule has 18 heavy (non-hydrogen) atoms. The molecule has 0 bridgehead atoms. The van der Waals surface area contributed by atoms with Crippen molar-refractivity contribution in [3.05, 3.63) is 0 Å². The molecule has 0 aromatic rings. The van der Waals surface area contributed by atoms with Crippen LogP contribution < -0.4 is 0 Å². The standard InChI is InChI=1S/C14H27NO3/c1-6-14(5,17)10-15-9-7-8-11(15)12(16)18-13(2,3)4/h11,17H,6-10H2,1-5H3/t11-,14?/m1/s1. The molecule has 4 heteroatoms. The fourth-order valence-electron chi connectivity index (χ4n) is 2.20. The summed E-state index contributed by atoms with van der Waals surface area (Å²) in [4.78, 5) is 14.2. The lowest BCUT2D eigenvalue weighted by atomic mass is 10.0. The van der Waals surface area contributed by atoms with Crippen LogP contribution in [0.5, 0.6) is 0 Å². The highest BCUT2D eigenvalue weighted by molar-refractivity contribution is 5.76. The second-order valence-corrected chi connectivity index (χ2v) is 6.51. The highest BCUT2D eigenvalue weighted by Gasteiger charge is 2.36. The molecule has 2 atom stereocenters. The van der Waals surface area contributed by atoms with Crippen molar-refractivity contribution in [3.8, 4) is 0 Å². The smallest absolute Gasteiger partial charge is 0.323 e. The molecule has 0 aromatic carbocycles. The molecule has 1 N–H and O–H groups in total. The Balaban J connectivity index is 2.62. The number of aliphatic hydroxyl groups is 1. The average molecular weight is 257 g/mol. The first-order valence-corrected chi connectivity index (χ1v) is 6.84. The lowest BCUT2D eigenvalue weighted by molar-refractivity contribution is -0.161. The number of hydrogen-bond donors (Lipinski definition) is 1. The Morgan fingerprint density at radius 2 is 2.00 bits per heavy atom. The first-order valence-electron chi connectivity index (χ1n) is 6.84. The van der Waals surface area contributed by atoms with E-state index in [2.05, 4.69) is 4.90 Å². The number of nitrogens with zero attached hydrogens (tertiary/aromatic N) is 1. The molecule has 1 aliphatic rings. The fourth-order valence-corrected chi connectivity index (χ4v) is 2.20. The second kappa shape index (κ2) is 5.57. The van der Waals surface area contributed by atoms with Gasteiger partial charge in [0.2, 0.25) is 0 Å². The van der Waals surface area contributed by atoms with Crippen molar-refractivity contribution in [2.45, 2.75) is 71.1 Å². The Labute approximate surface area is 110 Å². The van der Waals surface area contributed by atoms with Crippen LogP contribution in [0.2, 0.25) is 0 Å². The van der Waals surface area contributed by atoms with Gasteiger partial charge in [-0.25, -0.2) is 0 Å². The van der Waals surface area contributed by atoms with E-state index in [9.17, 15) is 9.90 Å². The van der Waals surface area contributed by atoms with Crippen LogP contribution in [0.1, 0.15) is 53.9 Å². The number of esters is 1. The first kappa shape index (κ1) is 15.4. The van der Waals surface area contributed by atoms with Gasteiger partial charge < -0.3 is 9.84 Å². The maximum absolute atomic E-state index is 12.1. The van der Waals surface area contributed by atoms with Crippen LogP contribution in [0, 0.1) is 0 Å². The third-order valence-corrected chi connectivity index (χ3v) is 3.35. The first-order chi connectivity index (χ1) is 8.14. The van der Waals surface area contributed by atoms with Gasteiger partial charge in [-0.1, -0.05) is 6.92 Å². The summed E-state index contributed by atoms with van der Waals surface area (Å²) in [7, 11) is 0. The molecule has 1 fully saturated rings. The maximum Gasteiger partial charge on any atom is 0.323 e. The molecule has 0 spiro atoms. The summed E-state index contributed by atoms with van der Waals surface area (Å²) in [6.45, 7) is 10.8. The molecular weight excluding hydrogens is 230 g/mol. The molecule has 1 rings (SSSR count). The predicted octanol–water partition coefficient (Wildman–Crippen LogP) is 1.95. The Bertz CT molecular complexity index is 294. The van der Waals surface area contributed by atoms with Gasteiger partial charge >= 0.3 is 5.97 Å². The zero-order valence-electron chi connectivity index (χ0n) is 12.3. The molecule has 0 aromatic heterocycles. The van der Waals surface area contributed by atoms with Gasteiger partial charge in [0.15, 0.2) is 0 Å². The third-order valence-electron chi connectivity index (χ3n) is 3.35. The minimum atomic E-state index is -0.732. The number of likely N-dealkylation sites (tertiary alicyclic amines) is 1. The van der Waals surface area contributed by atoms with Crippen LogP contribution >= 0.6 is 0 Å². The largest absolute Gasteiger partial charge is 0.459 e. The summed E-state index contributed by atoms with van der Waals surface area (Å²) in [5.74, 6) is -0.160. The van der Waals surface area contributed by atoms with E-state index < -0.39 is 11.2 Å². The van der Waals surface area contributed by atoms with E-state index in [1.54, 1.807) is 0 Å². The van der Waals surface area contributed by atoms with Crippen molar-refractivity contribution >= 4 is 5.97 Å². The van der Waals surface area contributed by atoms with Gasteiger partial charge in [-0.15, -0.1) is 0 Å². The van der Waals surface area contributed by atoms with Crippen LogP contribution in [-0.4, -0.2) is 46.3 Å². The zero-order chi connectivity index (χ0) is 14.0. The lowest BCUT2D eigenvalue weighted by Gasteiger charge is -2.32. The van der Waals surface area contributed by atoms with E-state index in [0.717, 1.165) is 19.4 Å². The van der Waals surface area contributed by atoms with Crippen molar-refractivity contribution in [2.75, 3.05) is 13.1 Å². The average Bonchev–Trinajstić information content (AvgIpc) is 2.62. The van der Waals surface area contributed by atoms with Crippen LogP contribution in [0.25, 0.3) is 0 Å². The van der Waals surface area contributed by atoms with Gasteiger partial charge in [0.05, 0.1) is 5.60 Å². The summed E-state index contributed by atoms with van der Waals surface area (Å²) in [6, 6.07) is -0.192. The maximum atomic E-state index is 12.1. The molecule has 0 amide bonds. The molecule has 0 aliphatic carbocycles. The van der Waals surface area contributed by atoms with Crippen molar-refractivity contribution < 1.29 is 14.6 Å². The Morgan fingerprint density at radius 3 is 2.50 bits per heavy atom. The molecule has 4 nitrogen and oxygen atoms in total. The van der Waals surface area contributed by atoms with E-state index in [4.69, 9.17) is 4.74 Å². The number of rotatable bonds is 4. The predicted molar refractivity (Wildman–Crippen MR) is 71.4 cm³/mol. The molecule has 1 saturated heterocycles. The van der Waals surface area contributed by atoms with Crippen molar-refractivity contribution in [1.29, 1.82) is 0 Å². The summed E-state index contributed by atoms with van der Waals surface area (Å²) in [6.07, 6.45) is 2.50. The highest BCUT2D eigenvalue weighted by Crippen LogP contribution is 2.24. The quantitative estimate of drug-likeness (QED) is 0.782. The Hall–Kier alpha value is -0.610. The second-order valence-electron chi connectivity index (χ2n) is 6.51. The number of hydrogen-bond acceptors (Lipinski definition) is 4. The Morgan fingerprint density at radius 1 is 1.39 bits per heavy atom. The molecule has 0 saturated carbocycles. The van der Waals surface area contributed by atoms with Gasteiger partial charge in [0, 0.05) is 6.54 Å². The van der Waals surface area contributed by atoms with Gasteiger partial charge in [-0.05, 0) is 53.5 Å². The number of carbonyl (C=O) groups excluding carboxylic acids is 1. The molecule has 106 valence electrons. The van der Waals surface area contributed by atoms with E-state index in [1.807, 2.05) is 34.6 Å². The van der Waals surface area contributed by atoms with Gasteiger partial charge in [-0.2, -0.15) is 0 Å². The van der Waals surface area contributed by atoms with Crippen LogP contribution in [0.4, 0.5) is 0 Å². The monoisotopic (exact) mass is 257 g/mol. The summed E-state index contributed by atoms with van der Waals surface area (Å²) in [5.41, 5.74) is -1.18. The highest BCUT2D eigenvalue weighted by atomic mass is 16.6.